The van der Waals surface area contributed by atoms with Gasteiger partial charge < -0.3 is 5.32 Å². The number of fused-ring (bicyclic) bond motifs is 1. The average Bonchev–Trinajstić information content (AvgIpc) is 3.17. The summed E-state index contributed by atoms with van der Waals surface area (Å²) in [5, 5.41) is 3.58. The standard InChI is InChI=1S/C17H24N2/c1-3-13(9-15(4-1)14-6-7-14)12-19-8-2-5-16-10-18-11-17(16)19/h1,3-4,9,14,16-18H,2,5-8,10-12H2. The molecule has 1 aliphatic carbocycles. The molecule has 19 heavy (non-hydrogen) atoms. The number of piperidine rings is 1. The summed E-state index contributed by atoms with van der Waals surface area (Å²) >= 11 is 0. The van der Waals surface area contributed by atoms with Crippen molar-refractivity contribution in [3.63, 3.8) is 0 Å². The van der Waals surface area contributed by atoms with Crippen molar-refractivity contribution in [3.05, 3.63) is 35.4 Å². The molecule has 0 radical (unpaired) electrons. The van der Waals surface area contributed by atoms with Crippen molar-refractivity contribution < 1.29 is 0 Å². The minimum atomic E-state index is 0.790. The molecule has 3 fully saturated rings. The van der Waals surface area contributed by atoms with E-state index in [1.807, 2.05) is 0 Å². The monoisotopic (exact) mass is 256 g/mol. The Bertz CT molecular complexity index is 452. The highest BCUT2D eigenvalue weighted by Crippen LogP contribution is 2.40. The van der Waals surface area contributed by atoms with Gasteiger partial charge >= 0.3 is 0 Å². The van der Waals surface area contributed by atoms with Crippen molar-refractivity contribution >= 4 is 0 Å². The van der Waals surface area contributed by atoms with Gasteiger partial charge in [0.05, 0.1) is 0 Å². The second-order valence-corrected chi connectivity index (χ2v) is 6.62. The van der Waals surface area contributed by atoms with E-state index in [4.69, 9.17) is 0 Å². The number of benzene rings is 1. The Morgan fingerprint density at radius 3 is 3.00 bits per heavy atom. The Morgan fingerprint density at radius 1 is 1.16 bits per heavy atom. The molecule has 2 saturated heterocycles. The number of likely N-dealkylation sites (tertiary alicyclic amines) is 1. The van der Waals surface area contributed by atoms with Crippen LogP contribution >= 0.6 is 0 Å². The highest BCUT2D eigenvalue weighted by atomic mass is 15.2. The summed E-state index contributed by atoms with van der Waals surface area (Å²) in [7, 11) is 0. The normalized spacial score (nSPS) is 31.4. The van der Waals surface area contributed by atoms with Crippen LogP contribution < -0.4 is 5.32 Å². The van der Waals surface area contributed by atoms with Crippen molar-refractivity contribution in [2.75, 3.05) is 19.6 Å². The van der Waals surface area contributed by atoms with E-state index < -0.39 is 0 Å². The largest absolute Gasteiger partial charge is 0.315 e. The van der Waals surface area contributed by atoms with E-state index in [9.17, 15) is 0 Å². The molecule has 2 atom stereocenters. The predicted octanol–water partition coefficient (Wildman–Crippen LogP) is 2.75. The molecule has 1 saturated carbocycles. The third kappa shape index (κ3) is 2.44. The van der Waals surface area contributed by atoms with Crippen molar-refractivity contribution in [1.29, 1.82) is 0 Å². The molecule has 2 unspecified atom stereocenters. The lowest BCUT2D eigenvalue weighted by atomic mass is 9.91. The molecule has 2 nitrogen and oxygen atoms in total. The Morgan fingerprint density at radius 2 is 2.11 bits per heavy atom. The van der Waals surface area contributed by atoms with Crippen molar-refractivity contribution in [2.24, 2.45) is 5.92 Å². The van der Waals surface area contributed by atoms with Gasteiger partial charge in [-0.2, -0.15) is 0 Å². The summed E-state index contributed by atoms with van der Waals surface area (Å²) in [6, 6.07) is 10.1. The van der Waals surface area contributed by atoms with Gasteiger partial charge in [0, 0.05) is 19.1 Å². The van der Waals surface area contributed by atoms with Crippen LogP contribution in [0.5, 0.6) is 0 Å². The fraction of sp³-hybridized carbons (Fsp3) is 0.647. The summed E-state index contributed by atoms with van der Waals surface area (Å²) in [5.74, 6) is 1.78. The first kappa shape index (κ1) is 11.9. The van der Waals surface area contributed by atoms with Crippen LogP contribution in [0.4, 0.5) is 0 Å². The Balaban J connectivity index is 1.49. The molecular weight excluding hydrogens is 232 g/mol. The van der Waals surface area contributed by atoms with Crippen LogP contribution in [-0.2, 0) is 6.54 Å². The first-order valence-corrected chi connectivity index (χ1v) is 7.94. The Kier molecular flexibility index (Phi) is 3.08. The zero-order valence-corrected chi connectivity index (χ0v) is 11.6. The third-order valence-corrected chi connectivity index (χ3v) is 5.18. The number of nitrogens with one attached hydrogen (secondary N) is 1. The number of nitrogens with zero attached hydrogens (tertiary/aromatic N) is 1. The Labute approximate surface area is 116 Å². The maximum absolute atomic E-state index is 3.58. The van der Waals surface area contributed by atoms with Crippen LogP contribution in [0.3, 0.4) is 0 Å². The number of hydrogen-bond acceptors (Lipinski definition) is 2. The summed E-state index contributed by atoms with van der Waals surface area (Å²) in [6.07, 6.45) is 5.62. The van der Waals surface area contributed by atoms with Crippen molar-refractivity contribution in [1.82, 2.24) is 10.2 Å². The van der Waals surface area contributed by atoms with Crippen molar-refractivity contribution in [3.8, 4) is 0 Å². The van der Waals surface area contributed by atoms with E-state index in [-0.39, 0.29) is 0 Å². The summed E-state index contributed by atoms with van der Waals surface area (Å²) < 4.78 is 0. The molecule has 1 N–H and O–H groups in total. The molecular formula is C17H24N2. The van der Waals surface area contributed by atoms with E-state index in [0.29, 0.717) is 0 Å². The van der Waals surface area contributed by atoms with Crippen LogP contribution in [-0.4, -0.2) is 30.6 Å². The average molecular weight is 256 g/mol. The summed E-state index contributed by atoms with van der Waals surface area (Å²) in [5.41, 5.74) is 3.10. The first-order valence-electron chi connectivity index (χ1n) is 7.94. The van der Waals surface area contributed by atoms with Crippen LogP contribution in [0.2, 0.25) is 0 Å². The predicted molar refractivity (Wildman–Crippen MR) is 78.2 cm³/mol. The number of rotatable bonds is 3. The third-order valence-electron chi connectivity index (χ3n) is 5.18. The van der Waals surface area contributed by atoms with E-state index in [0.717, 1.165) is 24.4 Å². The second-order valence-electron chi connectivity index (χ2n) is 6.62. The molecule has 1 aromatic rings. The van der Waals surface area contributed by atoms with E-state index in [2.05, 4.69) is 34.5 Å². The first-order chi connectivity index (χ1) is 9.40. The Hall–Kier alpha value is -0.860. The SMILES string of the molecule is c1cc(CN2CCCC3CNCC32)cc(C2CC2)c1. The lowest BCUT2D eigenvalue weighted by Crippen LogP contribution is -2.44. The zero-order valence-electron chi connectivity index (χ0n) is 11.6. The molecule has 4 rings (SSSR count). The molecule has 102 valence electrons. The van der Waals surface area contributed by atoms with Gasteiger partial charge in [0.15, 0.2) is 0 Å². The van der Waals surface area contributed by atoms with Gasteiger partial charge in [0.1, 0.15) is 0 Å². The van der Waals surface area contributed by atoms with Gasteiger partial charge in [0.25, 0.3) is 0 Å². The maximum Gasteiger partial charge on any atom is 0.0264 e. The highest BCUT2D eigenvalue weighted by Gasteiger charge is 2.34. The minimum Gasteiger partial charge on any atom is -0.315 e. The topological polar surface area (TPSA) is 15.3 Å². The van der Waals surface area contributed by atoms with Crippen molar-refractivity contribution in [2.45, 2.75) is 44.2 Å². The van der Waals surface area contributed by atoms with Crippen LogP contribution in [0.1, 0.15) is 42.7 Å². The quantitative estimate of drug-likeness (QED) is 0.894. The molecule has 2 heteroatoms. The van der Waals surface area contributed by atoms with E-state index in [1.165, 1.54) is 50.9 Å². The molecule has 0 spiro atoms. The molecule has 2 heterocycles. The fourth-order valence-electron chi connectivity index (χ4n) is 3.96. The smallest absolute Gasteiger partial charge is 0.0264 e. The lowest BCUT2D eigenvalue weighted by Gasteiger charge is -2.37. The molecule has 2 aliphatic heterocycles. The molecule has 0 bridgehead atoms. The van der Waals surface area contributed by atoms with Gasteiger partial charge in [-0.05, 0) is 61.7 Å². The van der Waals surface area contributed by atoms with Crippen LogP contribution in [0.25, 0.3) is 0 Å². The zero-order chi connectivity index (χ0) is 12.7. The van der Waals surface area contributed by atoms with Gasteiger partial charge in [-0.3, -0.25) is 4.90 Å². The van der Waals surface area contributed by atoms with Gasteiger partial charge in [-0.15, -0.1) is 0 Å². The minimum absolute atomic E-state index is 0.790. The van der Waals surface area contributed by atoms with Gasteiger partial charge in [0.2, 0.25) is 0 Å². The molecule has 3 aliphatic rings. The molecule has 0 amide bonds. The van der Waals surface area contributed by atoms with E-state index >= 15 is 0 Å². The molecule has 1 aromatic carbocycles. The molecule has 0 aromatic heterocycles. The fourth-order valence-corrected chi connectivity index (χ4v) is 3.96. The van der Waals surface area contributed by atoms with Gasteiger partial charge in [-0.1, -0.05) is 24.3 Å². The maximum atomic E-state index is 3.58. The highest BCUT2D eigenvalue weighted by molar-refractivity contribution is 5.29. The van der Waals surface area contributed by atoms with E-state index in [1.54, 1.807) is 5.56 Å². The summed E-state index contributed by atoms with van der Waals surface area (Å²) in [6.45, 7) is 4.89. The number of hydrogen-bond donors (Lipinski definition) is 1. The second kappa shape index (κ2) is 4.92. The van der Waals surface area contributed by atoms with Gasteiger partial charge in [-0.25, -0.2) is 0 Å². The van der Waals surface area contributed by atoms with Crippen LogP contribution in [0.15, 0.2) is 24.3 Å². The lowest BCUT2D eigenvalue weighted by molar-refractivity contribution is 0.117. The van der Waals surface area contributed by atoms with Crippen LogP contribution in [0, 0.1) is 5.92 Å². The summed E-state index contributed by atoms with van der Waals surface area (Å²) in [4.78, 5) is 2.72.